The van der Waals surface area contributed by atoms with Gasteiger partial charge in [0.15, 0.2) is 0 Å². The van der Waals surface area contributed by atoms with Gasteiger partial charge in [-0.25, -0.2) is 4.98 Å². The summed E-state index contributed by atoms with van der Waals surface area (Å²) in [6, 6.07) is 5.63. The van der Waals surface area contributed by atoms with E-state index in [0.29, 0.717) is 10.7 Å². The smallest absolute Gasteiger partial charge is 0.132 e. The Hall–Kier alpha value is -1.27. The van der Waals surface area contributed by atoms with E-state index in [1.165, 1.54) is 25.7 Å². The fourth-order valence-electron chi connectivity index (χ4n) is 2.20. The van der Waals surface area contributed by atoms with Crippen LogP contribution < -0.4 is 4.90 Å². The van der Waals surface area contributed by atoms with Crippen molar-refractivity contribution in [2.75, 3.05) is 18.0 Å². The summed E-state index contributed by atoms with van der Waals surface area (Å²) in [5.74, 6) is 2.50. The van der Waals surface area contributed by atoms with Crippen molar-refractivity contribution in [1.82, 2.24) is 4.98 Å². The largest absolute Gasteiger partial charge is 0.356 e. The van der Waals surface area contributed by atoms with E-state index in [-0.39, 0.29) is 0 Å². The van der Waals surface area contributed by atoms with E-state index in [9.17, 15) is 0 Å². The zero-order valence-electron chi connectivity index (χ0n) is 10.3. The number of halogens is 1. The molecular formula is C14H16ClN3. The Morgan fingerprint density at radius 3 is 2.33 bits per heavy atom. The van der Waals surface area contributed by atoms with Gasteiger partial charge in [-0.1, -0.05) is 11.6 Å². The third-order valence-corrected chi connectivity index (χ3v) is 3.78. The summed E-state index contributed by atoms with van der Waals surface area (Å²) in [5.41, 5.74) is 0.599. The molecule has 18 heavy (non-hydrogen) atoms. The maximum absolute atomic E-state index is 9.00. The number of nitrogens with zero attached hydrogens (tertiary/aromatic N) is 3. The summed E-state index contributed by atoms with van der Waals surface area (Å²) in [6.07, 6.45) is 5.30. The Balaban J connectivity index is 1.82. The molecule has 2 aliphatic rings. The van der Waals surface area contributed by atoms with Crippen molar-refractivity contribution < 1.29 is 0 Å². The van der Waals surface area contributed by atoms with E-state index < -0.39 is 0 Å². The van der Waals surface area contributed by atoms with Gasteiger partial charge in [0.1, 0.15) is 11.0 Å². The Morgan fingerprint density at radius 2 is 1.83 bits per heavy atom. The summed E-state index contributed by atoms with van der Waals surface area (Å²) >= 11 is 5.99. The van der Waals surface area contributed by atoms with Crippen LogP contribution >= 0.6 is 11.6 Å². The van der Waals surface area contributed by atoms with Crippen LogP contribution in [0.25, 0.3) is 0 Å². The fourth-order valence-corrected chi connectivity index (χ4v) is 2.40. The van der Waals surface area contributed by atoms with Crippen molar-refractivity contribution in [3.63, 3.8) is 0 Å². The lowest BCUT2D eigenvalue weighted by atomic mass is 10.2. The third kappa shape index (κ3) is 2.94. The monoisotopic (exact) mass is 261 g/mol. The van der Waals surface area contributed by atoms with Gasteiger partial charge in [0.2, 0.25) is 0 Å². The molecule has 0 aromatic carbocycles. The number of rotatable bonds is 5. The lowest BCUT2D eigenvalue weighted by Gasteiger charge is -2.24. The number of pyridine rings is 1. The molecule has 2 aliphatic carbocycles. The molecule has 0 saturated heterocycles. The van der Waals surface area contributed by atoms with Crippen LogP contribution in [0, 0.1) is 23.2 Å². The molecule has 94 valence electrons. The van der Waals surface area contributed by atoms with Crippen LogP contribution in [-0.4, -0.2) is 18.1 Å². The van der Waals surface area contributed by atoms with Crippen LogP contribution in [0.4, 0.5) is 5.82 Å². The minimum Gasteiger partial charge on any atom is -0.356 e. The predicted octanol–water partition coefficient (Wildman–Crippen LogP) is 3.23. The van der Waals surface area contributed by atoms with Gasteiger partial charge in [0, 0.05) is 13.1 Å². The SMILES string of the molecule is N#Cc1cc(Cl)nc(N(CC2CC2)CC2CC2)c1. The molecule has 0 aliphatic heterocycles. The summed E-state index contributed by atoms with van der Waals surface area (Å²) < 4.78 is 0. The molecular weight excluding hydrogens is 246 g/mol. The lowest BCUT2D eigenvalue weighted by Crippen LogP contribution is -2.29. The molecule has 0 amide bonds. The zero-order valence-corrected chi connectivity index (χ0v) is 11.0. The van der Waals surface area contributed by atoms with Gasteiger partial charge in [0.05, 0.1) is 11.6 Å². The van der Waals surface area contributed by atoms with E-state index in [0.717, 1.165) is 30.7 Å². The fraction of sp³-hybridized carbons (Fsp3) is 0.571. The quantitative estimate of drug-likeness (QED) is 0.764. The van der Waals surface area contributed by atoms with Crippen LogP contribution in [0.5, 0.6) is 0 Å². The number of nitriles is 1. The highest BCUT2D eigenvalue weighted by Gasteiger charge is 2.30. The summed E-state index contributed by atoms with van der Waals surface area (Å²) in [4.78, 5) is 6.71. The van der Waals surface area contributed by atoms with Gasteiger partial charge in [-0.2, -0.15) is 5.26 Å². The Morgan fingerprint density at radius 1 is 1.22 bits per heavy atom. The van der Waals surface area contributed by atoms with Crippen molar-refractivity contribution in [2.24, 2.45) is 11.8 Å². The first-order valence-corrected chi connectivity index (χ1v) is 6.95. The lowest BCUT2D eigenvalue weighted by molar-refractivity contribution is 0.671. The van der Waals surface area contributed by atoms with E-state index in [2.05, 4.69) is 16.0 Å². The molecule has 1 aromatic rings. The van der Waals surface area contributed by atoms with Gasteiger partial charge in [-0.15, -0.1) is 0 Å². The first-order chi connectivity index (χ1) is 8.74. The van der Waals surface area contributed by atoms with E-state index >= 15 is 0 Å². The van der Waals surface area contributed by atoms with Crippen molar-refractivity contribution in [2.45, 2.75) is 25.7 Å². The highest BCUT2D eigenvalue weighted by Crippen LogP contribution is 2.35. The molecule has 1 aromatic heterocycles. The molecule has 3 rings (SSSR count). The number of hydrogen-bond acceptors (Lipinski definition) is 3. The minimum atomic E-state index is 0.417. The standard InChI is InChI=1S/C14H16ClN3/c15-13-5-12(7-16)6-14(17-13)18(8-10-1-2-10)9-11-3-4-11/h5-6,10-11H,1-4,8-9H2. The molecule has 0 N–H and O–H groups in total. The summed E-state index contributed by atoms with van der Waals surface area (Å²) in [5, 5.41) is 9.42. The Kier molecular flexibility index (Phi) is 3.13. The molecule has 0 radical (unpaired) electrons. The van der Waals surface area contributed by atoms with Crippen molar-refractivity contribution in [1.29, 1.82) is 5.26 Å². The Labute approximate surface area is 112 Å². The van der Waals surface area contributed by atoms with Crippen LogP contribution in [0.3, 0.4) is 0 Å². The van der Waals surface area contributed by atoms with E-state index in [1.54, 1.807) is 6.07 Å². The average molecular weight is 262 g/mol. The maximum atomic E-state index is 9.00. The number of aromatic nitrogens is 1. The molecule has 0 unspecified atom stereocenters. The highest BCUT2D eigenvalue weighted by molar-refractivity contribution is 6.29. The highest BCUT2D eigenvalue weighted by atomic mass is 35.5. The molecule has 3 nitrogen and oxygen atoms in total. The van der Waals surface area contributed by atoms with Crippen LogP contribution in [0.1, 0.15) is 31.2 Å². The molecule has 0 bridgehead atoms. The predicted molar refractivity (Wildman–Crippen MR) is 71.6 cm³/mol. The van der Waals surface area contributed by atoms with Crippen LogP contribution in [0.15, 0.2) is 12.1 Å². The number of anilines is 1. The normalized spacial score (nSPS) is 18.4. The summed E-state index contributed by atoms with van der Waals surface area (Å²) in [7, 11) is 0. The average Bonchev–Trinajstić information content (AvgIpc) is 3.22. The first-order valence-electron chi connectivity index (χ1n) is 6.57. The molecule has 4 heteroatoms. The summed E-state index contributed by atoms with van der Waals surface area (Å²) in [6.45, 7) is 2.13. The van der Waals surface area contributed by atoms with Gasteiger partial charge < -0.3 is 4.90 Å². The van der Waals surface area contributed by atoms with Crippen LogP contribution in [0.2, 0.25) is 5.15 Å². The second kappa shape index (κ2) is 4.78. The van der Waals surface area contributed by atoms with Gasteiger partial charge in [0.25, 0.3) is 0 Å². The molecule has 2 saturated carbocycles. The second-order valence-corrected chi connectivity index (χ2v) is 5.83. The third-order valence-electron chi connectivity index (χ3n) is 3.58. The van der Waals surface area contributed by atoms with Gasteiger partial charge >= 0.3 is 0 Å². The molecule has 1 heterocycles. The minimum absolute atomic E-state index is 0.417. The first kappa shape index (κ1) is 11.8. The van der Waals surface area contributed by atoms with E-state index in [4.69, 9.17) is 16.9 Å². The second-order valence-electron chi connectivity index (χ2n) is 5.44. The Bertz CT molecular complexity index is 472. The number of hydrogen-bond donors (Lipinski definition) is 0. The van der Waals surface area contributed by atoms with Crippen LogP contribution in [-0.2, 0) is 0 Å². The molecule has 0 spiro atoms. The maximum Gasteiger partial charge on any atom is 0.132 e. The topological polar surface area (TPSA) is 39.9 Å². The van der Waals surface area contributed by atoms with Crippen molar-refractivity contribution in [3.05, 3.63) is 22.8 Å². The molecule has 0 atom stereocenters. The molecule has 2 fully saturated rings. The zero-order chi connectivity index (χ0) is 12.5. The van der Waals surface area contributed by atoms with Crippen molar-refractivity contribution in [3.8, 4) is 6.07 Å². The van der Waals surface area contributed by atoms with Crippen molar-refractivity contribution >= 4 is 17.4 Å². The van der Waals surface area contributed by atoms with Gasteiger partial charge in [-0.3, -0.25) is 0 Å². The van der Waals surface area contributed by atoms with E-state index in [1.807, 2.05) is 6.07 Å². The van der Waals surface area contributed by atoms with Gasteiger partial charge in [-0.05, 0) is 49.7 Å².